The maximum Gasteiger partial charge on any atom is 0.177 e. The lowest BCUT2D eigenvalue weighted by Crippen LogP contribution is -1.86. The Hall–Kier alpha value is -2.07. The second-order valence-corrected chi connectivity index (χ2v) is 4.94. The van der Waals surface area contributed by atoms with Gasteiger partial charge in [-0.25, -0.2) is 9.97 Å². The number of nitrogens with zero attached hydrogens (tertiary/aromatic N) is 2. The van der Waals surface area contributed by atoms with E-state index >= 15 is 0 Å². The maximum absolute atomic E-state index is 9.58. The molecule has 0 aliphatic rings. The van der Waals surface area contributed by atoms with Gasteiger partial charge in [-0.1, -0.05) is 11.6 Å². The summed E-state index contributed by atoms with van der Waals surface area (Å²) in [5.74, 6) is 0.925. The van der Waals surface area contributed by atoms with Gasteiger partial charge in [0.25, 0.3) is 0 Å². The van der Waals surface area contributed by atoms with Crippen molar-refractivity contribution in [1.29, 1.82) is 0 Å². The van der Waals surface area contributed by atoms with Gasteiger partial charge < -0.3 is 10.1 Å². The van der Waals surface area contributed by atoms with Gasteiger partial charge in [-0.15, -0.1) is 0 Å². The van der Waals surface area contributed by atoms with E-state index < -0.39 is 0 Å². The van der Waals surface area contributed by atoms with Crippen LogP contribution in [-0.4, -0.2) is 20.1 Å². The number of nitrogens with one attached hydrogen (secondary N) is 1. The zero-order valence-electron chi connectivity index (χ0n) is 10.5. The molecule has 2 aromatic heterocycles. The quantitative estimate of drug-likeness (QED) is 0.712. The molecule has 19 heavy (non-hydrogen) atoms. The summed E-state index contributed by atoms with van der Waals surface area (Å²) in [5, 5.41) is 9.92. The van der Waals surface area contributed by atoms with Gasteiger partial charge in [0.05, 0.1) is 10.5 Å². The normalized spacial score (nSPS) is 11.1. The number of halogens is 1. The molecular formula is C14H12ClN3O. The number of phenolic OH excluding ortho intramolecular Hbond substituents is 1. The molecule has 0 spiro atoms. The van der Waals surface area contributed by atoms with Gasteiger partial charge in [0.2, 0.25) is 0 Å². The van der Waals surface area contributed by atoms with Crippen LogP contribution in [0.1, 0.15) is 11.4 Å². The van der Waals surface area contributed by atoms with Crippen molar-refractivity contribution >= 4 is 22.8 Å². The number of fused-ring (bicyclic) bond motifs is 1. The molecule has 0 aliphatic carbocycles. The molecule has 2 N–H and O–H groups in total. The van der Waals surface area contributed by atoms with Gasteiger partial charge in [-0.3, -0.25) is 0 Å². The highest BCUT2D eigenvalue weighted by molar-refractivity contribution is 6.32. The Kier molecular flexibility index (Phi) is 2.68. The fourth-order valence-electron chi connectivity index (χ4n) is 2.14. The first-order chi connectivity index (χ1) is 9.04. The standard InChI is InChI=1S/C14H12ClN3O/c1-7-3-13(19)11(15)5-10(7)9-4-12-14(16-6-9)18-8(2)17-12/h3-6,19H,1-2H3,(H,16,17,18). The second kappa shape index (κ2) is 4.24. The zero-order valence-corrected chi connectivity index (χ0v) is 11.3. The van der Waals surface area contributed by atoms with E-state index in [1.807, 2.05) is 19.9 Å². The van der Waals surface area contributed by atoms with Crippen LogP contribution in [0.5, 0.6) is 5.75 Å². The lowest BCUT2D eigenvalue weighted by molar-refractivity contribution is 0.475. The molecule has 2 heterocycles. The average Bonchev–Trinajstić information content (AvgIpc) is 2.72. The van der Waals surface area contributed by atoms with E-state index in [4.69, 9.17) is 11.6 Å². The molecule has 0 aliphatic heterocycles. The summed E-state index contributed by atoms with van der Waals surface area (Å²) in [7, 11) is 0. The van der Waals surface area contributed by atoms with Crippen molar-refractivity contribution in [1.82, 2.24) is 15.0 Å². The van der Waals surface area contributed by atoms with E-state index in [0.29, 0.717) is 10.7 Å². The molecule has 96 valence electrons. The Labute approximate surface area is 115 Å². The van der Waals surface area contributed by atoms with Crippen LogP contribution in [0.25, 0.3) is 22.3 Å². The minimum Gasteiger partial charge on any atom is -0.506 e. The van der Waals surface area contributed by atoms with Gasteiger partial charge in [0.1, 0.15) is 11.6 Å². The summed E-state index contributed by atoms with van der Waals surface area (Å²) in [6, 6.07) is 5.39. The predicted molar refractivity (Wildman–Crippen MR) is 75.5 cm³/mol. The zero-order chi connectivity index (χ0) is 13.6. The van der Waals surface area contributed by atoms with Gasteiger partial charge in [-0.05, 0) is 43.2 Å². The smallest absolute Gasteiger partial charge is 0.177 e. The largest absolute Gasteiger partial charge is 0.506 e. The molecule has 0 saturated carbocycles. The third-order valence-electron chi connectivity index (χ3n) is 3.06. The minimum absolute atomic E-state index is 0.0920. The number of aryl methyl sites for hydroxylation is 2. The van der Waals surface area contributed by atoms with Crippen LogP contribution in [0.2, 0.25) is 5.02 Å². The lowest BCUT2D eigenvalue weighted by atomic mass is 10.0. The molecule has 0 saturated heterocycles. The van der Waals surface area contributed by atoms with Crippen LogP contribution >= 0.6 is 11.6 Å². The first kappa shape index (κ1) is 12.0. The summed E-state index contributed by atoms with van der Waals surface area (Å²) < 4.78 is 0. The Morgan fingerprint density at radius 1 is 1.21 bits per heavy atom. The summed E-state index contributed by atoms with van der Waals surface area (Å²) in [5.41, 5.74) is 4.42. The number of aromatic nitrogens is 3. The molecule has 3 rings (SSSR count). The van der Waals surface area contributed by atoms with E-state index in [1.54, 1.807) is 18.3 Å². The topological polar surface area (TPSA) is 61.8 Å². The SMILES string of the molecule is Cc1nc2ncc(-c3cc(Cl)c(O)cc3C)cc2[nH]1. The van der Waals surface area contributed by atoms with Gasteiger partial charge in [-0.2, -0.15) is 0 Å². The number of hydrogen-bond donors (Lipinski definition) is 2. The predicted octanol–water partition coefficient (Wildman–Crippen LogP) is 3.60. The van der Waals surface area contributed by atoms with E-state index in [2.05, 4.69) is 15.0 Å². The van der Waals surface area contributed by atoms with Crippen molar-refractivity contribution in [2.45, 2.75) is 13.8 Å². The van der Waals surface area contributed by atoms with Crippen molar-refractivity contribution in [2.75, 3.05) is 0 Å². The summed E-state index contributed by atoms with van der Waals surface area (Å²) in [6.45, 7) is 3.82. The van der Waals surface area contributed by atoms with E-state index in [-0.39, 0.29) is 5.75 Å². The van der Waals surface area contributed by atoms with Gasteiger partial charge in [0, 0.05) is 11.8 Å². The summed E-state index contributed by atoms with van der Waals surface area (Å²) >= 11 is 5.97. The maximum atomic E-state index is 9.58. The minimum atomic E-state index is 0.0920. The molecule has 0 amide bonds. The molecular weight excluding hydrogens is 262 g/mol. The van der Waals surface area contributed by atoms with Gasteiger partial charge in [0.15, 0.2) is 5.65 Å². The third kappa shape index (κ3) is 2.04. The molecule has 1 aromatic carbocycles. The molecule has 3 aromatic rings. The Balaban J connectivity index is 2.21. The summed E-state index contributed by atoms with van der Waals surface area (Å²) in [6.07, 6.45) is 1.76. The molecule has 0 fully saturated rings. The van der Waals surface area contributed by atoms with Crippen LogP contribution in [0, 0.1) is 13.8 Å². The highest BCUT2D eigenvalue weighted by Crippen LogP contribution is 2.33. The Morgan fingerprint density at radius 2 is 2.00 bits per heavy atom. The van der Waals surface area contributed by atoms with Gasteiger partial charge >= 0.3 is 0 Å². The number of phenols is 1. The average molecular weight is 274 g/mol. The number of H-pyrrole nitrogens is 1. The van der Waals surface area contributed by atoms with E-state index in [1.165, 1.54) is 0 Å². The monoisotopic (exact) mass is 273 g/mol. The van der Waals surface area contributed by atoms with E-state index in [9.17, 15) is 5.11 Å². The molecule has 0 atom stereocenters. The number of imidazole rings is 1. The van der Waals surface area contributed by atoms with Crippen molar-refractivity contribution < 1.29 is 5.11 Å². The second-order valence-electron chi connectivity index (χ2n) is 4.54. The number of aromatic amines is 1. The lowest BCUT2D eigenvalue weighted by Gasteiger charge is -2.07. The number of pyridine rings is 1. The molecule has 0 radical (unpaired) electrons. The first-order valence-corrected chi connectivity index (χ1v) is 6.24. The number of benzene rings is 1. The fourth-order valence-corrected chi connectivity index (χ4v) is 2.31. The van der Waals surface area contributed by atoms with E-state index in [0.717, 1.165) is 28.0 Å². The van der Waals surface area contributed by atoms with Crippen LogP contribution in [-0.2, 0) is 0 Å². The van der Waals surface area contributed by atoms with Crippen LogP contribution in [0.4, 0.5) is 0 Å². The number of aromatic hydroxyl groups is 1. The van der Waals surface area contributed by atoms with Crippen LogP contribution in [0.3, 0.4) is 0 Å². The molecule has 0 unspecified atom stereocenters. The van der Waals surface area contributed by atoms with Crippen molar-refractivity contribution in [2.24, 2.45) is 0 Å². The highest BCUT2D eigenvalue weighted by Gasteiger charge is 2.09. The Bertz CT molecular complexity index is 780. The fraction of sp³-hybridized carbons (Fsp3) is 0.143. The molecule has 0 bridgehead atoms. The highest BCUT2D eigenvalue weighted by atomic mass is 35.5. The van der Waals surface area contributed by atoms with Crippen molar-refractivity contribution in [3.8, 4) is 16.9 Å². The van der Waals surface area contributed by atoms with Crippen LogP contribution in [0.15, 0.2) is 24.4 Å². The number of rotatable bonds is 1. The van der Waals surface area contributed by atoms with Crippen molar-refractivity contribution in [3.63, 3.8) is 0 Å². The third-order valence-corrected chi connectivity index (χ3v) is 3.36. The Morgan fingerprint density at radius 3 is 2.79 bits per heavy atom. The number of hydrogen-bond acceptors (Lipinski definition) is 3. The first-order valence-electron chi connectivity index (χ1n) is 5.86. The van der Waals surface area contributed by atoms with Crippen LogP contribution < -0.4 is 0 Å². The van der Waals surface area contributed by atoms with Crippen molar-refractivity contribution in [3.05, 3.63) is 40.8 Å². The summed E-state index contributed by atoms with van der Waals surface area (Å²) in [4.78, 5) is 11.8. The molecule has 4 nitrogen and oxygen atoms in total. The molecule has 5 heteroatoms.